The van der Waals surface area contributed by atoms with Gasteiger partial charge in [-0.05, 0) is 27.0 Å². The zero-order valence-corrected chi connectivity index (χ0v) is 11.1. The SMILES string of the molecule is CSC[C@@](C)(O)CNc1cc(C)nc(C)n1. The van der Waals surface area contributed by atoms with Crippen molar-refractivity contribution >= 4 is 17.6 Å². The van der Waals surface area contributed by atoms with Crippen molar-refractivity contribution in [1.29, 1.82) is 0 Å². The highest BCUT2D eigenvalue weighted by Crippen LogP contribution is 2.12. The highest BCUT2D eigenvalue weighted by molar-refractivity contribution is 7.98. The van der Waals surface area contributed by atoms with Crippen LogP contribution in [0.5, 0.6) is 0 Å². The predicted molar refractivity (Wildman–Crippen MR) is 69.0 cm³/mol. The van der Waals surface area contributed by atoms with E-state index in [2.05, 4.69) is 15.3 Å². The van der Waals surface area contributed by atoms with Crippen molar-refractivity contribution in [3.05, 3.63) is 17.6 Å². The first kappa shape index (κ1) is 13.3. The number of nitrogens with zero attached hydrogens (tertiary/aromatic N) is 2. The molecule has 0 saturated carbocycles. The Hall–Kier alpha value is -0.810. The Morgan fingerprint density at radius 2 is 2.12 bits per heavy atom. The first-order valence-corrected chi connectivity index (χ1v) is 6.60. The van der Waals surface area contributed by atoms with Crippen LogP contribution in [0.2, 0.25) is 0 Å². The highest BCUT2D eigenvalue weighted by atomic mass is 32.2. The summed E-state index contributed by atoms with van der Waals surface area (Å²) in [5.41, 5.74) is 0.214. The predicted octanol–water partition coefficient (Wildman–Crippen LogP) is 1.62. The van der Waals surface area contributed by atoms with Crippen LogP contribution in [0, 0.1) is 13.8 Å². The van der Waals surface area contributed by atoms with Crippen LogP contribution in [0.4, 0.5) is 5.82 Å². The third-order valence-electron chi connectivity index (χ3n) is 2.07. The summed E-state index contributed by atoms with van der Waals surface area (Å²) in [5, 5.41) is 13.1. The van der Waals surface area contributed by atoms with Crippen LogP contribution < -0.4 is 5.32 Å². The Balaban J connectivity index is 2.60. The molecule has 0 amide bonds. The number of hydrogen-bond acceptors (Lipinski definition) is 5. The van der Waals surface area contributed by atoms with E-state index < -0.39 is 5.60 Å². The summed E-state index contributed by atoms with van der Waals surface area (Å²) in [6, 6.07) is 1.88. The lowest BCUT2D eigenvalue weighted by atomic mass is 10.1. The maximum absolute atomic E-state index is 9.99. The highest BCUT2D eigenvalue weighted by Gasteiger charge is 2.19. The number of hydrogen-bond donors (Lipinski definition) is 2. The molecule has 0 aliphatic heterocycles. The Morgan fingerprint density at radius 1 is 1.44 bits per heavy atom. The molecule has 0 fully saturated rings. The van der Waals surface area contributed by atoms with Crippen LogP contribution in [0.1, 0.15) is 18.4 Å². The molecule has 1 heterocycles. The van der Waals surface area contributed by atoms with Gasteiger partial charge in [0.05, 0.1) is 5.60 Å². The maximum Gasteiger partial charge on any atom is 0.130 e. The summed E-state index contributed by atoms with van der Waals surface area (Å²) < 4.78 is 0. The van der Waals surface area contributed by atoms with Crippen molar-refractivity contribution < 1.29 is 5.11 Å². The fourth-order valence-corrected chi connectivity index (χ4v) is 2.17. The molecule has 5 heteroatoms. The van der Waals surface area contributed by atoms with E-state index in [1.807, 2.05) is 33.1 Å². The maximum atomic E-state index is 9.99. The summed E-state index contributed by atoms with van der Waals surface area (Å²) in [6.45, 7) is 6.10. The summed E-state index contributed by atoms with van der Waals surface area (Å²) >= 11 is 1.63. The lowest BCUT2D eigenvalue weighted by Crippen LogP contribution is -2.36. The van der Waals surface area contributed by atoms with Gasteiger partial charge in [0.2, 0.25) is 0 Å². The number of nitrogens with one attached hydrogen (secondary N) is 1. The number of anilines is 1. The minimum Gasteiger partial charge on any atom is -0.387 e. The van der Waals surface area contributed by atoms with E-state index in [1.165, 1.54) is 0 Å². The fraction of sp³-hybridized carbons (Fsp3) is 0.636. The van der Waals surface area contributed by atoms with E-state index in [4.69, 9.17) is 0 Å². The first-order valence-electron chi connectivity index (χ1n) is 5.20. The van der Waals surface area contributed by atoms with Gasteiger partial charge in [-0.25, -0.2) is 9.97 Å². The Labute approximate surface area is 101 Å². The quantitative estimate of drug-likeness (QED) is 0.820. The topological polar surface area (TPSA) is 58.0 Å². The molecular formula is C11H19N3OS. The van der Waals surface area contributed by atoms with E-state index in [1.54, 1.807) is 11.8 Å². The average Bonchev–Trinajstić information content (AvgIpc) is 2.13. The Kier molecular flexibility index (Phi) is 4.56. The summed E-state index contributed by atoms with van der Waals surface area (Å²) in [6.07, 6.45) is 1.98. The van der Waals surface area contributed by atoms with E-state index in [0.29, 0.717) is 12.3 Å². The molecule has 4 nitrogen and oxygen atoms in total. The number of aliphatic hydroxyl groups is 1. The Bertz CT molecular complexity index is 335. The van der Waals surface area contributed by atoms with Gasteiger partial charge in [0, 0.05) is 24.1 Å². The molecule has 0 radical (unpaired) electrons. The van der Waals surface area contributed by atoms with Gasteiger partial charge in [0.1, 0.15) is 11.6 Å². The molecule has 0 aliphatic carbocycles. The van der Waals surface area contributed by atoms with Gasteiger partial charge < -0.3 is 10.4 Å². The van der Waals surface area contributed by atoms with Crippen LogP contribution in [-0.4, -0.2) is 39.2 Å². The molecule has 0 spiro atoms. The minimum atomic E-state index is -0.716. The van der Waals surface area contributed by atoms with Crippen molar-refractivity contribution in [2.75, 3.05) is 23.9 Å². The zero-order valence-electron chi connectivity index (χ0n) is 10.2. The second kappa shape index (κ2) is 5.50. The van der Waals surface area contributed by atoms with Crippen molar-refractivity contribution in [3.8, 4) is 0 Å². The van der Waals surface area contributed by atoms with E-state index in [-0.39, 0.29) is 0 Å². The number of aryl methyl sites for hydroxylation is 2. The largest absolute Gasteiger partial charge is 0.387 e. The second-order valence-electron chi connectivity index (χ2n) is 4.23. The average molecular weight is 241 g/mol. The molecule has 0 bridgehead atoms. The first-order chi connectivity index (χ1) is 7.43. The number of thioether (sulfide) groups is 1. The van der Waals surface area contributed by atoms with Gasteiger partial charge in [-0.3, -0.25) is 0 Å². The third-order valence-corrected chi connectivity index (χ3v) is 2.98. The molecule has 1 atom stereocenters. The van der Waals surface area contributed by atoms with Gasteiger partial charge in [0.15, 0.2) is 0 Å². The van der Waals surface area contributed by atoms with E-state index in [9.17, 15) is 5.11 Å². The summed E-state index contributed by atoms with van der Waals surface area (Å²) in [7, 11) is 0. The fourth-order valence-electron chi connectivity index (χ4n) is 1.45. The van der Waals surface area contributed by atoms with Crippen molar-refractivity contribution in [3.63, 3.8) is 0 Å². The van der Waals surface area contributed by atoms with Crippen molar-refractivity contribution in [1.82, 2.24) is 9.97 Å². The van der Waals surface area contributed by atoms with Crippen LogP contribution >= 0.6 is 11.8 Å². The lowest BCUT2D eigenvalue weighted by molar-refractivity contribution is 0.0996. The summed E-state index contributed by atoms with van der Waals surface area (Å²) in [5.74, 6) is 2.21. The zero-order chi connectivity index (χ0) is 12.2. The second-order valence-corrected chi connectivity index (χ2v) is 5.09. The van der Waals surface area contributed by atoms with Crippen molar-refractivity contribution in [2.45, 2.75) is 26.4 Å². The summed E-state index contributed by atoms with van der Waals surface area (Å²) in [4.78, 5) is 8.45. The molecule has 1 aromatic rings. The van der Waals surface area contributed by atoms with Crippen LogP contribution in [0.25, 0.3) is 0 Å². The standard InChI is InChI=1S/C11H19N3OS/c1-8-5-10(14-9(2)13-8)12-6-11(3,15)7-16-4/h5,15H,6-7H2,1-4H3,(H,12,13,14)/t11-/m0/s1. The molecule has 0 aliphatic rings. The molecular weight excluding hydrogens is 222 g/mol. The molecule has 1 rings (SSSR count). The number of rotatable bonds is 5. The third kappa shape index (κ3) is 4.37. The molecule has 16 heavy (non-hydrogen) atoms. The molecule has 0 aromatic carbocycles. The van der Waals surface area contributed by atoms with E-state index >= 15 is 0 Å². The van der Waals surface area contributed by atoms with Gasteiger partial charge in [-0.2, -0.15) is 11.8 Å². The van der Waals surface area contributed by atoms with Gasteiger partial charge in [0.25, 0.3) is 0 Å². The van der Waals surface area contributed by atoms with Gasteiger partial charge in [-0.15, -0.1) is 0 Å². The lowest BCUT2D eigenvalue weighted by Gasteiger charge is -2.22. The Morgan fingerprint density at radius 3 is 2.69 bits per heavy atom. The van der Waals surface area contributed by atoms with E-state index in [0.717, 1.165) is 17.3 Å². The normalized spacial score (nSPS) is 14.6. The van der Waals surface area contributed by atoms with Crippen LogP contribution in [0.15, 0.2) is 6.07 Å². The molecule has 0 saturated heterocycles. The minimum absolute atomic E-state index is 0.490. The van der Waals surface area contributed by atoms with Crippen LogP contribution in [-0.2, 0) is 0 Å². The van der Waals surface area contributed by atoms with Crippen LogP contribution in [0.3, 0.4) is 0 Å². The smallest absolute Gasteiger partial charge is 0.130 e. The molecule has 90 valence electrons. The van der Waals surface area contributed by atoms with Gasteiger partial charge in [-0.1, -0.05) is 0 Å². The molecule has 1 aromatic heterocycles. The number of aromatic nitrogens is 2. The van der Waals surface area contributed by atoms with Crippen molar-refractivity contribution in [2.24, 2.45) is 0 Å². The molecule has 2 N–H and O–H groups in total. The van der Waals surface area contributed by atoms with Gasteiger partial charge >= 0.3 is 0 Å². The molecule has 0 unspecified atom stereocenters. The monoisotopic (exact) mass is 241 g/mol.